The molecule has 0 fully saturated rings. The average molecular weight is 303 g/mol. The lowest BCUT2D eigenvalue weighted by Crippen LogP contribution is -2.28. The summed E-state index contributed by atoms with van der Waals surface area (Å²) in [5.41, 5.74) is 0.543. The van der Waals surface area contributed by atoms with Gasteiger partial charge in [0.15, 0.2) is 6.61 Å². The summed E-state index contributed by atoms with van der Waals surface area (Å²) in [6.07, 6.45) is 2.03. The van der Waals surface area contributed by atoms with Gasteiger partial charge in [-0.2, -0.15) is 4.98 Å². The second-order valence-electron chi connectivity index (χ2n) is 5.09. The third-order valence-corrected chi connectivity index (χ3v) is 3.24. The van der Waals surface area contributed by atoms with Gasteiger partial charge in [0.2, 0.25) is 11.7 Å². The number of para-hydroxylation sites is 1. The fourth-order valence-electron chi connectivity index (χ4n) is 2.01. The van der Waals surface area contributed by atoms with Gasteiger partial charge in [0.05, 0.1) is 5.56 Å². The van der Waals surface area contributed by atoms with Crippen molar-refractivity contribution in [2.45, 2.75) is 33.3 Å². The molecule has 118 valence electrons. The number of ether oxygens (including phenoxy) is 1. The Bertz CT molecular complexity index is 625. The Morgan fingerprint density at radius 1 is 1.36 bits per heavy atom. The van der Waals surface area contributed by atoms with Crippen molar-refractivity contribution in [1.29, 1.82) is 0 Å². The molecule has 6 nitrogen and oxygen atoms in total. The summed E-state index contributed by atoms with van der Waals surface area (Å²) >= 11 is 0. The topological polar surface area (TPSA) is 68.5 Å². The van der Waals surface area contributed by atoms with E-state index < -0.39 is 0 Å². The number of carbonyl (C=O) groups excluding carboxylic acids is 1. The predicted octanol–water partition coefficient (Wildman–Crippen LogP) is 2.83. The quantitative estimate of drug-likeness (QED) is 0.786. The van der Waals surface area contributed by atoms with Crippen LogP contribution in [0.2, 0.25) is 0 Å². The van der Waals surface area contributed by atoms with Crippen LogP contribution in [0.15, 0.2) is 28.8 Å². The van der Waals surface area contributed by atoms with E-state index in [1.54, 1.807) is 31.0 Å². The minimum atomic E-state index is -0.0478. The third-order valence-electron chi connectivity index (χ3n) is 3.24. The first-order valence-electron chi connectivity index (χ1n) is 7.38. The van der Waals surface area contributed by atoms with Gasteiger partial charge in [-0.05, 0) is 18.6 Å². The van der Waals surface area contributed by atoms with Gasteiger partial charge in [-0.25, -0.2) is 0 Å². The fourth-order valence-corrected chi connectivity index (χ4v) is 2.01. The molecule has 0 unspecified atom stereocenters. The lowest BCUT2D eigenvalue weighted by atomic mass is 10.1. The molecular formula is C16H21N3O3. The number of benzene rings is 1. The molecule has 0 spiro atoms. The SMILES string of the molecule is CCCCN(C)C(=O)c1ccccc1OCc1noc(C)n1. The maximum absolute atomic E-state index is 12.5. The molecule has 0 radical (unpaired) electrons. The minimum Gasteiger partial charge on any atom is -0.485 e. The highest BCUT2D eigenvalue weighted by atomic mass is 16.5. The van der Waals surface area contributed by atoms with Crippen LogP contribution in [0.3, 0.4) is 0 Å². The van der Waals surface area contributed by atoms with E-state index in [-0.39, 0.29) is 12.5 Å². The van der Waals surface area contributed by atoms with Crippen molar-refractivity contribution in [3.8, 4) is 5.75 Å². The van der Waals surface area contributed by atoms with Crippen LogP contribution in [0.25, 0.3) is 0 Å². The van der Waals surface area contributed by atoms with Gasteiger partial charge >= 0.3 is 0 Å². The Kier molecular flexibility index (Phi) is 5.52. The molecule has 1 aromatic heterocycles. The number of hydrogen-bond donors (Lipinski definition) is 0. The zero-order valence-electron chi connectivity index (χ0n) is 13.2. The molecule has 1 aromatic carbocycles. The molecule has 2 rings (SSSR count). The Morgan fingerprint density at radius 3 is 2.82 bits per heavy atom. The number of unbranched alkanes of at least 4 members (excludes halogenated alkanes) is 1. The van der Waals surface area contributed by atoms with E-state index >= 15 is 0 Å². The molecule has 0 aliphatic carbocycles. The number of amides is 1. The summed E-state index contributed by atoms with van der Waals surface area (Å²) in [5, 5.41) is 3.77. The number of rotatable bonds is 7. The summed E-state index contributed by atoms with van der Waals surface area (Å²) in [6.45, 7) is 4.72. The van der Waals surface area contributed by atoms with Crippen LogP contribution in [0, 0.1) is 6.92 Å². The number of nitrogens with zero attached hydrogens (tertiary/aromatic N) is 3. The summed E-state index contributed by atoms with van der Waals surface area (Å²) in [4.78, 5) is 18.3. The van der Waals surface area contributed by atoms with E-state index in [1.807, 2.05) is 12.1 Å². The second-order valence-corrected chi connectivity index (χ2v) is 5.09. The molecule has 0 saturated heterocycles. The fraction of sp³-hybridized carbons (Fsp3) is 0.438. The van der Waals surface area contributed by atoms with Crippen molar-refractivity contribution in [3.05, 3.63) is 41.5 Å². The number of aryl methyl sites for hydroxylation is 1. The zero-order chi connectivity index (χ0) is 15.9. The molecule has 0 saturated carbocycles. The van der Waals surface area contributed by atoms with Crippen molar-refractivity contribution in [3.63, 3.8) is 0 Å². The third kappa shape index (κ3) is 4.07. The maximum atomic E-state index is 12.5. The molecule has 22 heavy (non-hydrogen) atoms. The Labute approximate surface area is 130 Å². The van der Waals surface area contributed by atoms with Gasteiger partial charge < -0.3 is 14.2 Å². The van der Waals surface area contributed by atoms with Crippen LogP contribution in [0.5, 0.6) is 5.75 Å². The van der Waals surface area contributed by atoms with E-state index in [4.69, 9.17) is 9.26 Å². The highest BCUT2D eigenvalue weighted by molar-refractivity contribution is 5.96. The van der Waals surface area contributed by atoms with E-state index in [1.165, 1.54) is 0 Å². The molecule has 0 N–H and O–H groups in total. The van der Waals surface area contributed by atoms with E-state index in [0.29, 0.717) is 23.0 Å². The van der Waals surface area contributed by atoms with Crippen LogP contribution < -0.4 is 4.74 Å². The molecule has 1 amide bonds. The van der Waals surface area contributed by atoms with Gasteiger partial charge in [-0.1, -0.05) is 30.6 Å². The molecule has 0 aliphatic rings. The highest BCUT2D eigenvalue weighted by Crippen LogP contribution is 2.20. The standard InChI is InChI=1S/C16H21N3O3/c1-4-5-10-19(3)16(20)13-8-6-7-9-14(13)21-11-15-17-12(2)22-18-15/h6-9H,4-5,10-11H2,1-3H3. The first-order chi connectivity index (χ1) is 10.6. The van der Waals surface area contributed by atoms with Gasteiger partial charge in [0, 0.05) is 20.5 Å². The largest absolute Gasteiger partial charge is 0.485 e. The molecule has 1 heterocycles. The van der Waals surface area contributed by atoms with Gasteiger partial charge in [0.1, 0.15) is 5.75 Å². The van der Waals surface area contributed by atoms with Crippen molar-refractivity contribution in [1.82, 2.24) is 15.0 Å². The highest BCUT2D eigenvalue weighted by Gasteiger charge is 2.16. The van der Waals surface area contributed by atoms with E-state index in [2.05, 4.69) is 17.1 Å². The van der Waals surface area contributed by atoms with Gasteiger partial charge in [-0.3, -0.25) is 4.79 Å². The first-order valence-corrected chi connectivity index (χ1v) is 7.38. The smallest absolute Gasteiger partial charge is 0.257 e. The van der Waals surface area contributed by atoms with Crippen LogP contribution in [0.4, 0.5) is 0 Å². The van der Waals surface area contributed by atoms with Crippen molar-refractivity contribution >= 4 is 5.91 Å². The summed E-state index contributed by atoms with van der Waals surface area (Å²) < 4.78 is 10.6. The van der Waals surface area contributed by atoms with E-state index in [9.17, 15) is 4.79 Å². The summed E-state index contributed by atoms with van der Waals surface area (Å²) in [6, 6.07) is 7.20. The number of aromatic nitrogens is 2. The lowest BCUT2D eigenvalue weighted by molar-refractivity contribution is 0.0788. The monoisotopic (exact) mass is 303 g/mol. The molecule has 0 bridgehead atoms. The second kappa shape index (κ2) is 7.59. The Balaban J connectivity index is 2.07. The zero-order valence-corrected chi connectivity index (χ0v) is 13.2. The number of hydrogen-bond acceptors (Lipinski definition) is 5. The van der Waals surface area contributed by atoms with E-state index in [0.717, 1.165) is 19.4 Å². The summed E-state index contributed by atoms with van der Waals surface area (Å²) in [5.74, 6) is 1.42. The molecule has 0 aliphatic heterocycles. The normalized spacial score (nSPS) is 10.5. The summed E-state index contributed by atoms with van der Waals surface area (Å²) in [7, 11) is 1.80. The van der Waals surface area contributed by atoms with Crippen LogP contribution in [-0.2, 0) is 6.61 Å². The minimum absolute atomic E-state index is 0.0478. The lowest BCUT2D eigenvalue weighted by Gasteiger charge is -2.18. The molecule has 6 heteroatoms. The Morgan fingerprint density at radius 2 is 2.14 bits per heavy atom. The van der Waals surface area contributed by atoms with Crippen LogP contribution >= 0.6 is 0 Å². The van der Waals surface area contributed by atoms with Crippen LogP contribution in [-0.4, -0.2) is 34.5 Å². The van der Waals surface area contributed by atoms with Crippen LogP contribution in [0.1, 0.15) is 41.8 Å². The molecular weight excluding hydrogens is 282 g/mol. The maximum Gasteiger partial charge on any atom is 0.257 e. The van der Waals surface area contributed by atoms with Gasteiger partial charge in [0.25, 0.3) is 5.91 Å². The molecule has 0 atom stereocenters. The van der Waals surface area contributed by atoms with Gasteiger partial charge in [-0.15, -0.1) is 0 Å². The van der Waals surface area contributed by atoms with Crippen molar-refractivity contribution in [2.75, 3.05) is 13.6 Å². The average Bonchev–Trinajstić information content (AvgIpc) is 2.95. The number of carbonyl (C=O) groups is 1. The van der Waals surface area contributed by atoms with Crippen molar-refractivity contribution in [2.24, 2.45) is 0 Å². The Hall–Kier alpha value is -2.37. The van der Waals surface area contributed by atoms with Crippen molar-refractivity contribution < 1.29 is 14.1 Å². The first kappa shape index (κ1) is 16.0. The predicted molar refractivity (Wildman–Crippen MR) is 81.7 cm³/mol. The molecule has 2 aromatic rings.